The molecule has 0 unspecified atom stereocenters. The van der Waals surface area contributed by atoms with Gasteiger partial charge in [0.1, 0.15) is 24.8 Å². The third-order valence-corrected chi connectivity index (χ3v) is 4.79. The smallest absolute Gasteiger partial charge is 0.269 e. The molecule has 1 aliphatic heterocycles. The molecule has 10 heteroatoms. The fourth-order valence-electron chi connectivity index (χ4n) is 3.09. The first-order chi connectivity index (χ1) is 14.5. The monoisotopic (exact) mass is 421 g/mol. The molecule has 2 aromatic rings. The van der Waals surface area contributed by atoms with Crippen LogP contribution in [0.15, 0.2) is 42.5 Å². The fourth-order valence-corrected chi connectivity index (χ4v) is 3.09. The molecule has 10 nitrogen and oxygen atoms in total. The van der Waals surface area contributed by atoms with Crippen molar-refractivity contribution in [2.75, 3.05) is 26.6 Å². The number of nitrogens with zero attached hydrogens (tertiary/aromatic N) is 1. The molecule has 0 saturated heterocycles. The van der Waals surface area contributed by atoms with E-state index in [0.29, 0.717) is 23.7 Å². The molecular weight excluding hydrogens is 396 g/mol. The van der Waals surface area contributed by atoms with Gasteiger partial charge in [-0.2, -0.15) is 0 Å². The Kier molecular flexibility index (Phi) is 7.55. The Hall–Kier alpha value is -2.76. The van der Waals surface area contributed by atoms with Crippen molar-refractivity contribution in [1.29, 1.82) is 0 Å². The number of ether oxygens (including phenoxy) is 3. The quantitative estimate of drug-likeness (QED) is 0.289. The zero-order valence-corrected chi connectivity index (χ0v) is 16.2. The van der Waals surface area contributed by atoms with E-state index in [9.17, 15) is 25.4 Å². The molecule has 1 aliphatic rings. The number of hydrogen-bond acceptors (Lipinski definition) is 8. The molecule has 5 N–H and O–H groups in total. The number of hydrogen-bond donors (Lipinski definition) is 4. The topological polar surface area (TPSA) is 148 Å². The van der Waals surface area contributed by atoms with Crippen LogP contribution in [0.4, 0.5) is 5.69 Å². The summed E-state index contributed by atoms with van der Waals surface area (Å²) >= 11 is 0. The van der Waals surface area contributed by atoms with E-state index in [2.05, 4.69) is 0 Å². The first-order valence-corrected chi connectivity index (χ1v) is 9.49. The van der Waals surface area contributed by atoms with Crippen molar-refractivity contribution in [3.63, 3.8) is 0 Å². The normalized spacial score (nSPS) is 15.6. The van der Waals surface area contributed by atoms with Crippen LogP contribution >= 0.6 is 0 Å². The van der Waals surface area contributed by atoms with Gasteiger partial charge in [0.05, 0.1) is 24.7 Å². The minimum Gasteiger partial charge on any atom is -0.454 e. The summed E-state index contributed by atoms with van der Waals surface area (Å²) < 4.78 is 16.1. The van der Waals surface area contributed by atoms with E-state index in [1.807, 2.05) is 12.1 Å². The Balaban J connectivity index is 1.43. The molecule has 0 bridgehead atoms. The molecule has 0 radical (unpaired) electrons. The lowest BCUT2D eigenvalue weighted by atomic mass is 10.0. The second-order valence-electron chi connectivity index (χ2n) is 6.97. The standard InChI is InChI=1S/C20H24N2O8/c23-9-17(20(25)14-2-4-15(5-3-14)22(26)27)21-8-16(24)11-28-10-13-1-6-18-19(7-13)30-12-29-18/h1-7,16-17,20-21,23-25H,8-12H2/p+1/t16-,17+,20-/m0/s1. The molecule has 0 aromatic heterocycles. The maximum atomic E-state index is 10.7. The molecule has 3 atom stereocenters. The van der Waals surface area contributed by atoms with Crippen molar-refractivity contribution in [1.82, 2.24) is 0 Å². The van der Waals surface area contributed by atoms with Crippen LogP contribution in [0.5, 0.6) is 11.5 Å². The summed E-state index contributed by atoms with van der Waals surface area (Å²) in [5.74, 6) is 1.35. The number of nitro benzene ring substituents is 1. The summed E-state index contributed by atoms with van der Waals surface area (Å²) in [5.41, 5.74) is 1.26. The molecule has 0 saturated carbocycles. The number of rotatable bonds is 11. The van der Waals surface area contributed by atoms with Gasteiger partial charge in [-0.3, -0.25) is 10.1 Å². The molecule has 2 aromatic carbocycles. The summed E-state index contributed by atoms with van der Waals surface area (Å²) in [7, 11) is 0. The van der Waals surface area contributed by atoms with E-state index in [1.165, 1.54) is 24.3 Å². The second-order valence-corrected chi connectivity index (χ2v) is 6.97. The first kappa shape index (κ1) is 21.9. The van der Waals surface area contributed by atoms with E-state index in [4.69, 9.17) is 14.2 Å². The van der Waals surface area contributed by atoms with E-state index in [-0.39, 0.29) is 32.2 Å². The van der Waals surface area contributed by atoms with Gasteiger partial charge in [0.2, 0.25) is 6.79 Å². The lowest BCUT2D eigenvalue weighted by Crippen LogP contribution is -2.94. The van der Waals surface area contributed by atoms with Crippen molar-refractivity contribution in [2.24, 2.45) is 0 Å². The Labute approximate surface area is 172 Å². The number of non-ortho nitro benzene ring substituents is 1. The molecule has 0 amide bonds. The summed E-state index contributed by atoms with van der Waals surface area (Å²) in [6, 6.07) is 10.3. The summed E-state index contributed by atoms with van der Waals surface area (Å²) in [6.07, 6.45) is -1.85. The summed E-state index contributed by atoms with van der Waals surface area (Å²) in [4.78, 5) is 10.2. The largest absolute Gasteiger partial charge is 0.454 e. The second kappa shape index (κ2) is 10.3. The van der Waals surface area contributed by atoms with Crippen LogP contribution in [-0.4, -0.2) is 58.9 Å². The van der Waals surface area contributed by atoms with Crippen LogP contribution in [-0.2, 0) is 11.3 Å². The van der Waals surface area contributed by atoms with Crippen LogP contribution in [0.25, 0.3) is 0 Å². The van der Waals surface area contributed by atoms with Crippen LogP contribution in [0.2, 0.25) is 0 Å². The lowest BCUT2D eigenvalue weighted by Gasteiger charge is -2.21. The van der Waals surface area contributed by atoms with Crippen molar-refractivity contribution in [2.45, 2.75) is 24.9 Å². The Morgan fingerprint density at radius 2 is 1.87 bits per heavy atom. The number of aliphatic hydroxyl groups is 3. The van der Waals surface area contributed by atoms with Crippen molar-refractivity contribution in [3.8, 4) is 11.5 Å². The fraction of sp³-hybridized carbons (Fsp3) is 0.400. The first-order valence-electron chi connectivity index (χ1n) is 9.49. The van der Waals surface area contributed by atoms with Crippen molar-refractivity contribution in [3.05, 3.63) is 63.7 Å². The van der Waals surface area contributed by atoms with Crippen LogP contribution in [0.1, 0.15) is 17.2 Å². The molecule has 162 valence electrons. The highest BCUT2D eigenvalue weighted by Gasteiger charge is 2.25. The van der Waals surface area contributed by atoms with Gasteiger partial charge in [0.25, 0.3) is 5.69 Å². The average Bonchev–Trinajstić information content (AvgIpc) is 3.22. The number of nitro groups is 1. The summed E-state index contributed by atoms with van der Waals surface area (Å²) in [6.45, 7) is 0.449. The van der Waals surface area contributed by atoms with Crippen LogP contribution < -0.4 is 14.8 Å². The third-order valence-electron chi connectivity index (χ3n) is 4.79. The number of aliphatic hydroxyl groups excluding tert-OH is 3. The number of fused-ring (bicyclic) bond motifs is 1. The maximum Gasteiger partial charge on any atom is 0.269 e. The number of quaternary nitrogens is 1. The van der Waals surface area contributed by atoms with Crippen molar-refractivity contribution >= 4 is 5.69 Å². The lowest BCUT2D eigenvalue weighted by molar-refractivity contribution is -0.704. The van der Waals surface area contributed by atoms with Gasteiger partial charge in [-0.1, -0.05) is 6.07 Å². The number of benzene rings is 2. The molecule has 0 aliphatic carbocycles. The molecule has 0 fully saturated rings. The van der Waals surface area contributed by atoms with E-state index in [1.54, 1.807) is 11.4 Å². The Morgan fingerprint density at radius 1 is 1.13 bits per heavy atom. The molecule has 30 heavy (non-hydrogen) atoms. The number of nitrogens with two attached hydrogens (primary N) is 1. The van der Waals surface area contributed by atoms with Gasteiger partial charge in [0.15, 0.2) is 11.5 Å². The predicted octanol–water partition coefficient (Wildman–Crippen LogP) is -0.141. The van der Waals surface area contributed by atoms with E-state index >= 15 is 0 Å². The highest BCUT2D eigenvalue weighted by atomic mass is 16.7. The Bertz CT molecular complexity index is 845. The van der Waals surface area contributed by atoms with Gasteiger partial charge in [-0.05, 0) is 35.4 Å². The van der Waals surface area contributed by atoms with Gasteiger partial charge in [-0.25, -0.2) is 0 Å². The highest BCUT2D eigenvalue weighted by molar-refractivity contribution is 5.44. The van der Waals surface area contributed by atoms with Gasteiger partial charge in [-0.15, -0.1) is 0 Å². The zero-order chi connectivity index (χ0) is 21.5. The third kappa shape index (κ3) is 5.65. The van der Waals surface area contributed by atoms with E-state index < -0.39 is 23.2 Å². The predicted molar refractivity (Wildman–Crippen MR) is 104 cm³/mol. The minimum absolute atomic E-state index is 0.0782. The van der Waals surface area contributed by atoms with Gasteiger partial charge in [0, 0.05) is 12.1 Å². The van der Waals surface area contributed by atoms with Gasteiger partial charge >= 0.3 is 0 Å². The molecular formula is C20H25N2O8+. The van der Waals surface area contributed by atoms with Crippen LogP contribution in [0, 0.1) is 10.1 Å². The molecule has 3 rings (SSSR count). The van der Waals surface area contributed by atoms with Gasteiger partial charge < -0.3 is 34.8 Å². The molecule has 0 spiro atoms. The SMILES string of the molecule is O=[N+]([O-])c1ccc([C@H](O)[C@@H](CO)[NH2+]C[C@H](O)COCc2ccc3c(c2)OCO3)cc1. The zero-order valence-electron chi connectivity index (χ0n) is 16.2. The highest BCUT2D eigenvalue weighted by Crippen LogP contribution is 2.32. The average molecular weight is 421 g/mol. The van der Waals surface area contributed by atoms with Crippen molar-refractivity contribution < 1.29 is 39.8 Å². The van der Waals surface area contributed by atoms with Crippen LogP contribution in [0.3, 0.4) is 0 Å². The van der Waals surface area contributed by atoms with E-state index in [0.717, 1.165) is 5.56 Å². The molecule has 1 heterocycles. The minimum atomic E-state index is -1.04. The Morgan fingerprint density at radius 3 is 2.57 bits per heavy atom. The summed E-state index contributed by atoms with van der Waals surface area (Å²) in [5, 5.41) is 42.5. The maximum absolute atomic E-state index is 10.7.